The predicted molar refractivity (Wildman–Crippen MR) is 92.3 cm³/mol. The zero-order chi connectivity index (χ0) is 15.8. The van der Waals surface area contributed by atoms with Crippen molar-refractivity contribution >= 4 is 34.4 Å². The highest BCUT2D eigenvalue weighted by atomic mass is 32.1. The van der Waals surface area contributed by atoms with Gasteiger partial charge in [-0.1, -0.05) is 30.3 Å². The molecule has 0 aliphatic carbocycles. The van der Waals surface area contributed by atoms with Crippen LogP contribution in [0.3, 0.4) is 0 Å². The van der Waals surface area contributed by atoms with Gasteiger partial charge in [-0.25, -0.2) is 0 Å². The Labute approximate surface area is 133 Å². The standard InChI is InChI=1S/C15H16N4O2S/c20-19(21)14-9-5-4-8-13(14)16-10-11-17-15(22)18-12-6-2-1-3-7-12/h1-9,16H,10-11H2,(H2,17,18,22). The van der Waals surface area contributed by atoms with Crippen LogP contribution in [0.1, 0.15) is 0 Å². The summed E-state index contributed by atoms with van der Waals surface area (Å²) < 4.78 is 0. The average molecular weight is 316 g/mol. The first-order chi connectivity index (χ1) is 10.7. The molecule has 2 aromatic rings. The lowest BCUT2D eigenvalue weighted by atomic mass is 10.2. The lowest BCUT2D eigenvalue weighted by molar-refractivity contribution is -0.384. The molecule has 0 amide bonds. The third-order valence-electron chi connectivity index (χ3n) is 2.86. The Kier molecular flexibility index (Phi) is 5.67. The molecule has 0 bridgehead atoms. The Hall–Kier alpha value is -2.67. The van der Waals surface area contributed by atoms with E-state index in [-0.39, 0.29) is 5.69 Å². The number of nitro benzene ring substituents is 1. The van der Waals surface area contributed by atoms with Gasteiger partial charge < -0.3 is 16.0 Å². The van der Waals surface area contributed by atoms with Crippen molar-refractivity contribution < 1.29 is 4.92 Å². The maximum absolute atomic E-state index is 10.9. The van der Waals surface area contributed by atoms with Gasteiger partial charge in [-0.15, -0.1) is 0 Å². The number of thiocarbonyl (C=S) groups is 1. The fourth-order valence-electron chi connectivity index (χ4n) is 1.85. The topological polar surface area (TPSA) is 79.2 Å². The van der Waals surface area contributed by atoms with Crippen LogP contribution >= 0.6 is 12.2 Å². The first-order valence-corrected chi connectivity index (χ1v) is 7.15. The fourth-order valence-corrected chi connectivity index (χ4v) is 2.07. The Balaban J connectivity index is 1.75. The van der Waals surface area contributed by atoms with Crippen LogP contribution in [0.4, 0.5) is 17.1 Å². The minimum atomic E-state index is -0.405. The van der Waals surface area contributed by atoms with Crippen molar-refractivity contribution in [3.63, 3.8) is 0 Å². The molecule has 0 saturated carbocycles. The summed E-state index contributed by atoms with van der Waals surface area (Å²) in [7, 11) is 0. The molecular formula is C15H16N4O2S. The van der Waals surface area contributed by atoms with Gasteiger partial charge in [0.25, 0.3) is 5.69 Å². The van der Waals surface area contributed by atoms with E-state index in [9.17, 15) is 10.1 Å². The number of nitro groups is 1. The van der Waals surface area contributed by atoms with E-state index in [1.165, 1.54) is 6.07 Å². The number of nitrogens with one attached hydrogen (secondary N) is 3. The second-order valence-electron chi connectivity index (χ2n) is 4.45. The molecule has 0 atom stereocenters. The van der Waals surface area contributed by atoms with Gasteiger partial charge in [0.05, 0.1) is 4.92 Å². The molecule has 0 saturated heterocycles. The lowest BCUT2D eigenvalue weighted by Crippen LogP contribution is -2.32. The second kappa shape index (κ2) is 7.94. The summed E-state index contributed by atoms with van der Waals surface area (Å²) in [4.78, 5) is 10.5. The van der Waals surface area contributed by atoms with Crippen LogP contribution in [-0.2, 0) is 0 Å². The summed E-state index contributed by atoms with van der Waals surface area (Å²) >= 11 is 5.18. The molecule has 0 aliphatic rings. The maximum Gasteiger partial charge on any atom is 0.292 e. The van der Waals surface area contributed by atoms with Crippen molar-refractivity contribution in [1.82, 2.24) is 5.32 Å². The van der Waals surface area contributed by atoms with E-state index >= 15 is 0 Å². The highest BCUT2D eigenvalue weighted by molar-refractivity contribution is 7.80. The third-order valence-corrected chi connectivity index (χ3v) is 3.10. The monoisotopic (exact) mass is 316 g/mol. The molecule has 0 unspecified atom stereocenters. The van der Waals surface area contributed by atoms with E-state index in [1.807, 2.05) is 30.3 Å². The number of benzene rings is 2. The molecule has 2 aromatic carbocycles. The van der Waals surface area contributed by atoms with Crippen LogP contribution in [-0.4, -0.2) is 23.1 Å². The van der Waals surface area contributed by atoms with Crippen LogP contribution in [0.2, 0.25) is 0 Å². The van der Waals surface area contributed by atoms with Crippen molar-refractivity contribution in [2.24, 2.45) is 0 Å². The molecule has 0 aliphatic heterocycles. The van der Waals surface area contributed by atoms with Gasteiger partial charge in [0.1, 0.15) is 5.69 Å². The fraction of sp³-hybridized carbons (Fsp3) is 0.133. The van der Waals surface area contributed by atoms with Crippen LogP contribution in [0.25, 0.3) is 0 Å². The molecule has 0 radical (unpaired) electrons. The van der Waals surface area contributed by atoms with Crippen molar-refractivity contribution in [2.75, 3.05) is 23.7 Å². The largest absolute Gasteiger partial charge is 0.378 e. The van der Waals surface area contributed by atoms with Crippen LogP contribution in [0.15, 0.2) is 54.6 Å². The summed E-state index contributed by atoms with van der Waals surface area (Å²) in [6.07, 6.45) is 0. The molecule has 114 valence electrons. The van der Waals surface area contributed by atoms with Crippen molar-refractivity contribution in [1.29, 1.82) is 0 Å². The van der Waals surface area contributed by atoms with Gasteiger partial charge >= 0.3 is 0 Å². The molecule has 0 heterocycles. The average Bonchev–Trinajstić information content (AvgIpc) is 2.53. The molecule has 2 rings (SSSR count). The number of hydrogen-bond acceptors (Lipinski definition) is 4. The predicted octanol–water partition coefficient (Wildman–Crippen LogP) is 2.99. The molecule has 0 spiro atoms. The number of anilines is 2. The summed E-state index contributed by atoms with van der Waals surface area (Å²) in [5.41, 5.74) is 1.47. The maximum atomic E-state index is 10.9. The Morgan fingerprint density at radius 2 is 1.73 bits per heavy atom. The summed E-state index contributed by atoms with van der Waals surface area (Å²) in [6, 6.07) is 16.1. The van der Waals surface area contributed by atoms with E-state index in [0.29, 0.717) is 23.9 Å². The van der Waals surface area contributed by atoms with Crippen LogP contribution < -0.4 is 16.0 Å². The minimum absolute atomic E-state index is 0.0625. The van der Waals surface area contributed by atoms with Crippen LogP contribution in [0.5, 0.6) is 0 Å². The molecule has 6 nitrogen and oxygen atoms in total. The minimum Gasteiger partial charge on any atom is -0.378 e. The Morgan fingerprint density at radius 3 is 2.45 bits per heavy atom. The zero-order valence-corrected chi connectivity index (χ0v) is 12.6. The molecule has 0 aromatic heterocycles. The first-order valence-electron chi connectivity index (χ1n) is 6.74. The Morgan fingerprint density at radius 1 is 1.05 bits per heavy atom. The van der Waals surface area contributed by atoms with Gasteiger partial charge in [-0.05, 0) is 30.4 Å². The second-order valence-corrected chi connectivity index (χ2v) is 4.86. The summed E-state index contributed by atoms with van der Waals surface area (Å²) in [5.74, 6) is 0. The van der Waals surface area contributed by atoms with Gasteiger partial charge in [0.15, 0.2) is 5.11 Å². The number of para-hydroxylation sites is 3. The summed E-state index contributed by atoms with van der Waals surface area (Å²) in [5, 5.41) is 20.5. The van der Waals surface area contributed by atoms with E-state index in [4.69, 9.17) is 12.2 Å². The quantitative estimate of drug-likeness (QED) is 0.329. The van der Waals surface area contributed by atoms with Crippen molar-refractivity contribution in [3.05, 3.63) is 64.7 Å². The summed E-state index contributed by atoms with van der Waals surface area (Å²) in [6.45, 7) is 1.06. The van der Waals surface area contributed by atoms with Gasteiger partial charge in [0, 0.05) is 24.8 Å². The van der Waals surface area contributed by atoms with E-state index in [2.05, 4.69) is 16.0 Å². The van der Waals surface area contributed by atoms with Gasteiger partial charge in [0.2, 0.25) is 0 Å². The van der Waals surface area contributed by atoms with Gasteiger partial charge in [-0.3, -0.25) is 10.1 Å². The molecule has 22 heavy (non-hydrogen) atoms. The zero-order valence-electron chi connectivity index (χ0n) is 11.8. The third kappa shape index (κ3) is 4.71. The van der Waals surface area contributed by atoms with Crippen molar-refractivity contribution in [2.45, 2.75) is 0 Å². The smallest absolute Gasteiger partial charge is 0.292 e. The number of rotatable bonds is 6. The van der Waals surface area contributed by atoms with E-state index < -0.39 is 4.92 Å². The molecule has 3 N–H and O–H groups in total. The molecular weight excluding hydrogens is 300 g/mol. The highest BCUT2D eigenvalue weighted by Crippen LogP contribution is 2.22. The SMILES string of the molecule is O=[N+]([O-])c1ccccc1NCCNC(=S)Nc1ccccc1. The lowest BCUT2D eigenvalue weighted by Gasteiger charge is -2.11. The van der Waals surface area contributed by atoms with Crippen LogP contribution in [0, 0.1) is 10.1 Å². The van der Waals surface area contributed by atoms with E-state index in [0.717, 1.165) is 5.69 Å². The molecule has 7 heteroatoms. The van der Waals surface area contributed by atoms with Gasteiger partial charge in [-0.2, -0.15) is 0 Å². The van der Waals surface area contributed by atoms with Crippen molar-refractivity contribution in [3.8, 4) is 0 Å². The first kappa shape index (κ1) is 15.7. The molecule has 0 fully saturated rings. The number of hydrogen-bond donors (Lipinski definition) is 3. The highest BCUT2D eigenvalue weighted by Gasteiger charge is 2.11. The Bertz CT molecular complexity index is 649. The normalized spacial score (nSPS) is 9.82. The van der Waals surface area contributed by atoms with E-state index in [1.54, 1.807) is 18.2 Å². The number of nitrogens with zero attached hydrogens (tertiary/aromatic N) is 1.